The van der Waals surface area contributed by atoms with Gasteiger partial charge in [-0.05, 0) is 26.7 Å². The number of aryl methyl sites for hydroxylation is 1. The number of aromatic nitrogens is 2. The van der Waals surface area contributed by atoms with Crippen molar-refractivity contribution >= 4 is 11.8 Å². The number of rotatable bonds is 7. The Kier molecular flexibility index (Phi) is 5.69. The molecule has 0 fully saturated rings. The van der Waals surface area contributed by atoms with Crippen LogP contribution in [0.5, 0.6) is 0 Å². The predicted molar refractivity (Wildman–Crippen MR) is 70.3 cm³/mol. The molecule has 1 atom stereocenters. The largest absolute Gasteiger partial charge is 0.396 e. The summed E-state index contributed by atoms with van der Waals surface area (Å²) < 4.78 is 0. The van der Waals surface area contributed by atoms with Crippen LogP contribution in [0.25, 0.3) is 0 Å². The van der Waals surface area contributed by atoms with Gasteiger partial charge in [-0.15, -0.1) is 0 Å². The summed E-state index contributed by atoms with van der Waals surface area (Å²) in [5, 5.41) is 15.4. The molecule has 0 aliphatic rings. The van der Waals surface area contributed by atoms with Crippen LogP contribution in [0.2, 0.25) is 0 Å². The topological polar surface area (TPSA) is 70.1 Å². The quantitative estimate of drug-likeness (QED) is 0.675. The minimum absolute atomic E-state index is 0.190. The summed E-state index contributed by atoms with van der Waals surface area (Å²) in [4.78, 5) is 8.61. The van der Waals surface area contributed by atoms with Crippen LogP contribution in [0, 0.1) is 6.92 Å². The van der Waals surface area contributed by atoms with E-state index in [9.17, 15) is 0 Å². The van der Waals surface area contributed by atoms with Crippen molar-refractivity contribution < 1.29 is 5.11 Å². The summed E-state index contributed by atoms with van der Waals surface area (Å²) in [6.07, 6.45) is 3.50. The Labute approximate surface area is 103 Å². The first-order valence-electron chi connectivity index (χ1n) is 6.16. The molecule has 1 heterocycles. The van der Waals surface area contributed by atoms with Gasteiger partial charge in [0.15, 0.2) is 0 Å². The molecule has 5 heteroatoms. The summed E-state index contributed by atoms with van der Waals surface area (Å²) >= 11 is 0. The van der Waals surface area contributed by atoms with Crippen molar-refractivity contribution in [3.05, 3.63) is 11.8 Å². The molecular formula is C12H22N4O. The van der Waals surface area contributed by atoms with Gasteiger partial charge in [0.25, 0.3) is 0 Å². The zero-order chi connectivity index (χ0) is 12.7. The van der Waals surface area contributed by atoms with E-state index in [1.54, 1.807) is 6.20 Å². The Balaban J connectivity index is 2.76. The molecule has 3 N–H and O–H groups in total. The molecule has 1 rings (SSSR count). The fraction of sp³-hybridized carbons (Fsp3) is 0.667. The molecule has 0 saturated carbocycles. The van der Waals surface area contributed by atoms with Crippen molar-refractivity contribution in [1.29, 1.82) is 0 Å². The molecule has 0 aliphatic carbocycles. The molecular weight excluding hydrogens is 216 g/mol. The highest BCUT2D eigenvalue weighted by Gasteiger charge is 2.09. The summed E-state index contributed by atoms with van der Waals surface area (Å²) in [6, 6.07) is 0.253. The minimum Gasteiger partial charge on any atom is -0.396 e. The van der Waals surface area contributed by atoms with E-state index in [-0.39, 0.29) is 12.6 Å². The van der Waals surface area contributed by atoms with Crippen LogP contribution in [0.3, 0.4) is 0 Å². The number of anilines is 2. The number of aliphatic hydroxyl groups excluding tert-OH is 1. The zero-order valence-corrected chi connectivity index (χ0v) is 10.8. The second-order valence-electron chi connectivity index (χ2n) is 4.02. The van der Waals surface area contributed by atoms with Crippen molar-refractivity contribution in [2.24, 2.45) is 0 Å². The maximum absolute atomic E-state index is 8.97. The summed E-state index contributed by atoms with van der Waals surface area (Å²) in [6.45, 7) is 7.07. The summed E-state index contributed by atoms with van der Waals surface area (Å²) in [5.41, 5.74) is 1.02. The highest BCUT2D eigenvalue weighted by Crippen LogP contribution is 2.15. The SMILES string of the molecule is CCNc1ncc(C)c(NC(CC)CCO)n1. The van der Waals surface area contributed by atoms with Crippen LogP contribution >= 0.6 is 0 Å². The Morgan fingerprint density at radius 1 is 1.41 bits per heavy atom. The van der Waals surface area contributed by atoms with Crippen molar-refractivity contribution in [3.8, 4) is 0 Å². The molecule has 5 nitrogen and oxygen atoms in total. The van der Waals surface area contributed by atoms with Crippen molar-refractivity contribution in [3.63, 3.8) is 0 Å². The maximum atomic E-state index is 8.97. The van der Waals surface area contributed by atoms with Gasteiger partial charge in [0.2, 0.25) is 5.95 Å². The maximum Gasteiger partial charge on any atom is 0.224 e. The summed E-state index contributed by atoms with van der Waals surface area (Å²) in [7, 11) is 0. The van der Waals surface area contributed by atoms with Crippen molar-refractivity contribution in [2.75, 3.05) is 23.8 Å². The minimum atomic E-state index is 0.190. The predicted octanol–water partition coefficient (Wildman–Crippen LogP) is 1.79. The normalized spacial score (nSPS) is 12.2. The van der Waals surface area contributed by atoms with Gasteiger partial charge >= 0.3 is 0 Å². The fourth-order valence-corrected chi connectivity index (χ4v) is 1.56. The lowest BCUT2D eigenvalue weighted by molar-refractivity contribution is 0.278. The van der Waals surface area contributed by atoms with Gasteiger partial charge in [-0.2, -0.15) is 4.98 Å². The van der Waals surface area contributed by atoms with Gasteiger partial charge in [0, 0.05) is 31.0 Å². The second-order valence-corrected chi connectivity index (χ2v) is 4.02. The monoisotopic (exact) mass is 238 g/mol. The molecule has 0 radical (unpaired) electrons. The molecule has 17 heavy (non-hydrogen) atoms. The van der Waals surface area contributed by atoms with Crippen LogP contribution < -0.4 is 10.6 Å². The third-order valence-electron chi connectivity index (χ3n) is 2.62. The molecule has 1 aromatic rings. The van der Waals surface area contributed by atoms with Crippen molar-refractivity contribution in [1.82, 2.24) is 9.97 Å². The molecule has 96 valence electrons. The van der Waals surface area contributed by atoms with Gasteiger partial charge in [-0.25, -0.2) is 4.98 Å². The van der Waals surface area contributed by atoms with Gasteiger partial charge in [-0.3, -0.25) is 0 Å². The molecule has 0 saturated heterocycles. The van der Waals surface area contributed by atoms with E-state index in [4.69, 9.17) is 5.11 Å². The smallest absolute Gasteiger partial charge is 0.224 e. The molecule has 0 spiro atoms. The Bertz CT molecular complexity index is 343. The van der Waals surface area contributed by atoms with E-state index in [1.807, 2.05) is 13.8 Å². The Morgan fingerprint density at radius 2 is 2.18 bits per heavy atom. The van der Waals surface area contributed by atoms with E-state index < -0.39 is 0 Å². The molecule has 1 aromatic heterocycles. The average Bonchev–Trinajstić information content (AvgIpc) is 2.33. The highest BCUT2D eigenvalue weighted by atomic mass is 16.3. The van der Waals surface area contributed by atoms with E-state index in [0.29, 0.717) is 5.95 Å². The zero-order valence-electron chi connectivity index (χ0n) is 10.8. The lowest BCUT2D eigenvalue weighted by Crippen LogP contribution is -2.21. The highest BCUT2D eigenvalue weighted by molar-refractivity contribution is 5.47. The van der Waals surface area contributed by atoms with Crippen LogP contribution in [-0.2, 0) is 0 Å². The first kappa shape index (κ1) is 13.7. The van der Waals surface area contributed by atoms with Crippen molar-refractivity contribution in [2.45, 2.75) is 39.7 Å². The molecule has 1 unspecified atom stereocenters. The summed E-state index contributed by atoms with van der Waals surface area (Å²) in [5.74, 6) is 1.48. The van der Waals surface area contributed by atoms with Crippen LogP contribution in [0.1, 0.15) is 32.3 Å². The third-order valence-corrected chi connectivity index (χ3v) is 2.62. The van der Waals surface area contributed by atoms with Crippen LogP contribution in [-0.4, -0.2) is 34.3 Å². The number of hydrogen-bond acceptors (Lipinski definition) is 5. The van der Waals surface area contributed by atoms with E-state index in [1.165, 1.54) is 0 Å². The van der Waals surface area contributed by atoms with Gasteiger partial charge in [0.1, 0.15) is 5.82 Å². The van der Waals surface area contributed by atoms with E-state index >= 15 is 0 Å². The fourth-order valence-electron chi connectivity index (χ4n) is 1.56. The second kappa shape index (κ2) is 7.06. The number of aliphatic hydroxyl groups is 1. The van der Waals surface area contributed by atoms with Gasteiger partial charge in [-0.1, -0.05) is 6.92 Å². The standard InChI is InChI=1S/C12H22N4O/c1-4-10(6-7-17)15-11-9(3)8-14-12(16-11)13-5-2/h8,10,17H,4-7H2,1-3H3,(H2,13,14,15,16). The first-order chi connectivity index (χ1) is 8.21. The first-order valence-corrected chi connectivity index (χ1v) is 6.16. The lowest BCUT2D eigenvalue weighted by atomic mass is 10.1. The molecule has 0 aliphatic heterocycles. The van der Waals surface area contributed by atoms with E-state index in [0.717, 1.165) is 30.8 Å². The Morgan fingerprint density at radius 3 is 2.76 bits per heavy atom. The lowest BCUT2D eigenvalue weighted by Gasteiger charge is -2.18. The van der Waals surface area contributed by atoms with Crippen LogP contribution in [0.4, 0.5) is 11.8 Å². The third kappa shape index (κ3) is 4.19. The number of hydrogen-bond donors (Lipinski definition) is 3. The molecule has 0 aromatic carbocycles. The molecule has 0 amide bonds. The number of nitrogens with one attached hydrogen (secondary N) is 2. The van der Waals surface area contributed by atoms with Crippen LogP contribution in [0.15, 0.2) is 6.20 Å². The average molecular weight is 238 g/mol. The van der Waals surface area contributed by atoms with E-state index in [2.05, 4.69) is 27.5 Å². The molecule has 0 bridgehead atoms. The van der Waals surface area contributed by atoms with Gasteiger partial charge in [0.05, 0.1) is 0 Å². The Hall–Kier alpha value is -1.36. The van der Waals surface area contributed by atoms with Gasteiger partial charge < -0.3 is 15.7 Å². The number of nitrogens with zero attached hydrogens (tertiary/aromatic N) is 2.